The number of hydrogen-bond acceptors (Lipinski definition) is 6. The van der Waals surface area contributed by atoms with Gasteiger partial charge in [-0.25, -0.2) is 13.2 Å². The molecule has 0 saturated heterocycles. The highest BCUT2D eigenvalue weighted by Crippen LogP contribution is 2.18. The van der Waals surface area contributed by atoms with E-state index in [-0.39, 0.29) is 22.1 Å². The second-order valence-corrected chi connectivity index (χ2v) is 8.80. The minimum atomic E-state index is -3.34. The number of nitrogens with one attached hydrogen (secondary N) is 2. The molecule has 0 aliphatic carbocycles. The number of carbonyl (C=O) groups excluding carboxylic acids is 3. The van der Waals surface area contributed by atoms with Crippen LogP contribution >= 0.6 is 0 Å². The van der Waals surface area contributed by atoms with Crippen molar-refractivity contribution in [2.75, 3.05) is 23.5 Å². The molecule has 0 spiro atoms. The summed E-state index contributed by atoms with van der Waals surface area (Å²) in [6, 6.07) is 20.4. The van der Waals surface area contributed by atoms with Crippen LogP contribution in [0.15, 0.2) is 83.8 Å². The molecule has 2 amide bonds. The van der Waals surface area contributed by atoms with Gasteiger partial charge in [-0.3, -0.25) is 9.59 Å². The Morgan fingerprint density at radius 3 is 2.09 bits per heavy atom. The molecule has 3 aromatic carbocycles. The van der Waals surface area contributed by atoms with Gasteiger partial charge in [0.2, 0.25) is 0 Å². The Bertz CT molecular complexity index is 1240. The maximum absolute atomic E-state index is 12.5. The minimum Gasteiger partial charge on any atom is -0.452 e. The van der Waals surface area contributed by atoms with Crippen molar-refractivity contribution in [2.45, 2.75) is 4.90 Å². The second kappa shape index (κ2) is 9.88. The SMILES string of the molecule is CS(=O)(=O)c1ccc(NC(=O)COC(=O)c2ccccc2NC(=O)c2ccccc2)cc1. The lowest BCUT2D eigenvalue weighted by Crippen LogP contribution is -2.22. The molecule has 9 heteroatoms. The van der Waals surface area contributed by atoms with Gasteiger partial charge in [-0.1, -0.05) is 30.3 Å². The lowest BCUT2D eigenvalue weighted by molar-refractivity contribution is -0.119. The van der Waals surface area contributed by atoms with Crippen LogP contribution < -0.4 is 10.6 Å². The van der Waals surface area contributed by atoms with Gasteiger partial charge >= 0.3 is 5.97 Å². The van der Waals surface area contributed by atoms with Crippen molar-refractivity contribution in [1.82, 2.24) is 0 Å². The van der Waals surface area contributed by atoms with Crippen LogP contribution in [0.5, 0.6) is 0 Å². The minimum absolute atomic E-state index is 0.0992. The zero-order valence-electron chi connectivity index (χ0n) is 17.1. The largest absolute Gasteiger partial charge is 0.452 e. The Labute approximate surface area is 185 Å². The number of para-hydroxylation sites is 1. The maximum atomic E-state index is 12.5. The van der Waals surface area contributed by atoms with Crippen molar-refractivity contribution < 1.29 is 27.5 Å². The van der Waals surface area contributed by atoms with E-state index in [0.29, 0.717) is 11.3 Å². The van der Waals surface area contributed by atoms with Crippen LogP contribution in [0.2, 0.25) is 0 Å². The lowest BCUT2D eigenvalue weighted by atomic mass is 10.1. The van der Waals surface area contributed by atoms with E-state index in [2.05, 4.69) is 10.6 Å². The van der Waals surface area contributed by atoms with E-state index in [0.717, 1.165) is 6.26 Å². The van der Waals surface area contributed by atoms with Crippen molar-refractivity contribution >= 4 is 39.0 Å². The Morgan fingerprint density at radius 2 is 1.44 bits per heavy atom. The summed E-state index contributed by atoms with van der Waals surface area (Å²) in [4.78, 5) is 37.1. The van der Waals surface area contributed by atoms with Crippen LogP contribution in [0.3, 0.4) is 0 Å². The summed E-state index contributed by atoms with van der Waals surface area (Å²) < 4.78 is 28.0. The molecule has 0 heterocycles. The molecule has 0 bridgehead atoms. The average Bonchev–Trinajstić information content (AvgIpc) is 2.78. The summed E-state index contributed by atoms with van der Waals surface area (Å²) in [6.45, 7) is -0.562. The number of ether oxygens (including phenoxy) is 1. The molecule has 164 valence electrons. The molecule has 0 aliphatic heterocycles. The van der Waals surface area contributed by atoms with Crippen LogP contribution in [0, 0.1) is 0 Å². The molecule has 0 atom stereocenters. The Kier molecular flexibility index (Phi) is 7.01. The number of carbonyl (C=O) groups is 3. The summed E-state index contributed by atoms with van der Waals surface area (Å²) in [7, 11) is -3.34. The summed E-state index contributed by atoms with van der Waals surface area (Å²) >= 11 is 0. The van der Waals surface area contributed by atoms with Gasteiger partial charge in [0, 0.05) is 17.5 Å². The number of sulfone groups is 1. The summed E-state index contributed by atoms with van der Waals surface area (Å²) in [6.07, 6.45) is 1.08. The number of anilines is 2. The quantitative estimate of drug-likeness (QED) is 0.532. The third-order valence-corrected chi connectivity index (χ3v) is 5.46. The van der Waals surface area contributed by atoms with Crippen molar-refractivity contribution in [2.24, 2.45) is 0 Å². The van der Waals surface area contributed by atoms with E-state index in [1.807, 2.05) is 0 Å². The fraction of sp³-hybridized carbons (Fsp3) is 0.0870. The highest BCUT2D eigenvalue weighted by atomic mass is 32.2. The first-order chi connectivity index (χ1) is 15.2. The molecule has 0 radical (unpaired) electrons. The van der Waals surface area contributed by atoms with Crippen LogP contribution in [0.1, 0.15) is 20.7 Å². The second-order valence-electron chi connectivity index (χ2n) is 6.79. The molecule has 8 nitrogen and oxygen atoms in total. The van der Waals surface area contributed by atoms with E-state index in [4.69, 9.17) is 4.74 Å². The van der Waals surface area contributed by atoms with Crippen LogP contribution in [-0.4, -0.2) is 39.1 Å². The molecule has 0 aromatic heterocycles. The molecule has 3 aromatic rings. The summed E-state index contributed by atoms with van der Waals surface area (Å²) in [5.74, 6) is -1.77. The predicted octanol–water partition coefficient (Wildman–Crippen LogP) is 3.14. The molecule has 0 fully saturated rings. The topological polar surface area (TPSA) is 119 Å². The number of esters is 1. The molecule has 0 unspecified atom stereocenters. The van der Waals surface area contributed by atoms with Gasteiger partial charge in [0.15, 0.2) is 16.4 Å². The van der Waals surface area contributed by atoms with E-state index >= 15 is 0 Å². The normalized spacial score (nSPS) is 10.8. The van der Waals surface area contributed by atoms with Gasteiger partial charge in [-0.2, -0.15) is 0 Å². The van der Waals surface area contributed by atoms with Gasteiger partial charge in [-0.15, -0.1) is 0 Å². The van der Waals surface area contributed by atoms with Crippen molar-refractivity contribution in [3.05, 3.63) is 90.0 Å². The molecular weight excluding hydrogens is 432 g/mol. The smallest absolute Gasteiger partial charge is 0.340 e. The monoisotopic (exact) mass is 452 g/mol. The first-order valence-corrected chi connectivity index (χ1v) is 11.4. The standard InChI is InChI=1S/C23H20N2O6S/c1-32(29,30)18-13-11-17(12-14-18)24-21(26)15-31-23(28)19-9-5-6-10-20(19)25-22(27)16-7-3-2-4-8-16/h2-14H,15H2,1H3,(H,24,26)(H,25,27). The highest BCUT2D eigenvalue weighted by Gasteiger charge is 2.17. The van der Waals surface area contributed by atoms with E-state index < -0.39 is 28.3 Å². The van der Waals surface area contributed by atoms with E-state index in [9.17, 15) is 22.8 Å². The van der Waals surface area contributed by atoms with Crippen molar-refractivity contribution in [3.8, 4) is 0 Å². The molecule has 0 saturated carbocycles. The molecule has 2 N–H and O–H groups in total. The molecule has 3 rings (SSSR count). The summed E-state index contributed by atoms with van der Waals surface area (Å²) in [5, 5.41) is 5.18. The zero-order valence-corrected chi connectivity index (χ0v) is 17.9. The predicted molar refractivity (Wildman–Crippen MR) is 119 cm³/mol. The van der Waals surface area contributed by atoms with Crippen LogP contribution in [0.4, 0.5) is 11.4 Å². The van der Waals surface area contributed by atoms with Crippen LogP contribution in [-0.2, 0) is 19.4 Å². The third kappa shape index (κ3) is 6.02. The zero-order chi connectivity index (χ0) is 23.1. The highest BCUT2D eigenvalue weighted by molar-refractivity contribution is 7.90. The first-order valence-electron chi connectivity index (χ1n) is 9.46. The van der Waals surface area contributed by atoms with Crippen molar-refractivity contribution in [3.63, 3.8) is 0 Å². The van der Waals surface area contributed by atoms with Crippen molar-refractivity contribution in [1.29, 1.82) is 0 Å². The van der Waals surface area contributed by atoms with Gasteiger partial charge in [0.25, 0.3) is 11.8 Å². The summed E-state index contributed by atoms with van der Waals surface area (Å²) in [5.41, 5.74) is 1.14. The van der Waals surface area contributed by atoms with E-state index in [1.165, 1.54) is 30.3 Å². The van der Waals surface area contributed by atoms with E-state index in [1.54, 1.807) is 48.5 Å². The average molecular weight is 452 g/mol. The van der Waals surface area contributed by atoms with Gasteiger partial charge < -0.3 is 15.4 Å². The molecular formula is C23H20N2O6S. The molecule has 32 heavy (non-hydrogen) atoms. The van der Waals surface area contributed by atoms with Gasteiger partial charge in [0.05, 0.1) is 16.1 Å². The fourth-order valence-electron chi connectivity index (χ4n) is 2.75. The Morgan fingerprint density at radius 1 is 0.812 bits per heavy atom. The number of benzene rings is 3. The number of amides is 2. The molecule has 0 aliphatic rings. The first kappa shape index (κ1) is 22.7. The Hall–Kier alpha value is -3.98. The Balaban J connectivity index is 1.60. The number of hydrogen-bond donors (Lipinski definition) is 2. The van der Waals surface area contributed by atoms with Crippen LogP contribution in [0.25, 0.3) is 0 Å². The van der Waals surface area contributed by atoms with Gasteiger partial charge in [0.1, 0.15) is 0 Å². The van der Waals surface area contributed by atoms with Gasteiger partial charge in [-0.05, 0) is 48.5 Å². The lowest BCUT2D eigenvalue weighted by Gasteiger charge is -2.11. The third-order valence-electron chi connectivity index (χ3n) is 4.33. The maximum Gasteiger partial charge on any atom is 0.340 e. The number of rotatable bonds is 7. The fourth-order valence-corrected chi connectivity index (χ4v) is 3.38.